The maximum Gasteiger partial charge on any atom is 0.331 e. The average molecular weight is 594 g/mol. The summed E-state index contributed by atoms with van der Waals surface area (Å²) in [5, 5.41) is 8.32. The van der Waals surface area contributed by atoms with Crippen molar-refractivity contribution < 1.29 is 33.0 Å². The summed E-state index contributed by atoms with van der Waals surface area (Å²) in [7, 11) is 2.60. The zero-order valence-corrected chi connectivity index (χ0v) is 26.1. The van der Waals surface area contributed by atoms with Gasteiger partial charge in [0.05, 0.1) is 37.2 Å². The summed E-state index contributed by atoms with van der Waals surface area (Å²) >= 11 is 0. The number of hydrogen-bond donors (Lipinski definition) is 3. The summed E-state index contributed by atoms with van der Waals surface area (Å²) in [5.41, 5.74) is 4.10. The van der Waals surface area contributed by atoms with Crippen molar-refractivity contribution in [3.05, 3.63) is 76.6 Å². The first-order valence-corrected chi connectivity index (χ1v) is 13.8. The largest absolute Gasteiger partial charge is 0.494 e. The number of aryl methyl sites for hydroxylation is 3. The summed E-state index contributed by atoms with van der Waals surface area (Å²) in [6, 6.07) is 11.3. The molecule has 0 aromatic heterocycles. The summed E-state index contributed by atoms with van der Waals surface area (Å²) < 4.78 is 30.4. The molecule has 0 aliphatic rings. The molecule has 0 heterocycles. The van der Waals surface area contributed by atoms with Crippen LogP contribution in [0.25, 0.3) is 11.1 Å². The molecule has 0 bridgehead atoms. The number of carbonyl (C=O) groups excluding carboxylic acids is 3. The van der Waals surface area contributed by atoms with Crippen LogP contribution in [0, 0.1) is 26.6 Å². The zero-order valence-electron chi connectivity index (χ0n) is 26.1. The summed E-state index contributed by atoms with van der Waals surface area (Å²) in [4.78, 5) is 39.5. The van der Waals surface area contributed by atoms with Gasteiger partial charge in [-0.2, -0.15) is 0 Å². The highest BCUT2D eigenvalue weighted by atomic mass is 19.1. The van der Waals surface area contributed by atoms with Crippen LogP contribution in [0.15, 0.2) is 48.5 Å². The van der Waals surface area contributed by atoms with E-state index in [2.05, 4.69) is 16.0 Å². The quantitative estimate of drug-likeness (QED) is 0.243. The molecule has 230 valence electrons. The van der Waals surface area contributed by atoms with Gasteiger partial charge in [-0.25, -0.2) is 14.0 Å². The van der Waals surface area contributed by atoms with Crippen LogP contribution in [-0.2, 0) is 14.3 Å². The lowest BCUT2D eigenvalue weighted by molar-refractivity contribution is -0.150. The Labute approximate surface area is 252 Å². The number of nitrogens with one attached hydrogen (secondary N) is 3. The predicted molar refractivity (Wildman–Crippen MR) is 165 cm³/mol. The highest BCUT2D eigenvalue weighted by Crippen LogP contribution is 2.30. The van der Waals surface area contributed by atoms with Crippen LogP contribution < -0.4 is 20.7 Å². The molecule has 0 radical (unpaired) electrons. The van der Waals surface area contributed by atoms with Crippen molar-refractivity contribution in [2.75, 3.05) is 24.9 Å². The van der Waals surface area contributed by atoms with Gasteiger partial charge in [-0.15, -0.1) is 0 Å². The summed E-state index contributed by atoms with van der Waals surface area (Å²) in [5.74, 6) is -1.81. The van der Waals surface area contributed by atoms with Crippen LogP contribution in [0.3, 0.4) is 0 Å². The zero-order chi connectivity index (χ0) is 32.1. The number of methoxy groups -OCH3 is 2. The molecule has 3 N–H and O–H groups in total. The molecule has 0 saturated heterocycles. The lowest BCUT2D eigenvalue weighted by Gasteiger charge is -2.30. The number of carbonyl (C=O) groups is 3. The first kappa shape index (κ1) is 33.1. The Morgan fingerprint density at radius 2 is 1.47 bits per heavy atom. The standard InChI is InChI=1S/C33H40FN3O6/c1-18-14-19(2)28(20(3)15-18)37-32(40)35-26-17-23(22-11-13-27(41-8)25(34)16-22)10-12-24(26)30(38)36-29(31(39)42-9)21(4)43-33(5,6)7/h10-17,21,29H,1-9H3,(H,36,38)(H2,35,37,40)/t21?,29-/m0/s1. The highest BCUT2D eigenvalue weighted by molar-refractivity contribution is 6.08. The number of urea groups is 1. The number of esters is 1. The second kappa shape index (κ2) is 13.7. The SMILES string of the molecule is COC(=O)[C@@H](NC(=O)c1ccc(-c2ccc(OC)c(F)c2)cc1NC(=O)Nc1c(C)cc(C)cc1C)C(C)OC(C)(C)C. The molecule has 0 spiro atoms. The second-order valence-electron chi connectivity index (χ2n) is 11.4. The third-order valence-electron chi connectivity index (χ3n) is 6.66. The first-order valence-electron chi connectivity index (χ1n) is 13.8. The van der Waals surface area contributed by atoms with Crippen molar-refractivity contribution in [3.63, 3.8) is 0 Å². The second-order valence-corrected chi connectivity index (χ2v) is 11.4. The van der Waals surface area contributed by atoms with Gasteiger partial charge < -0.3 is 30.2 Å². The van der Waals surface area contributed by atoms with E-state index in [4.69, 9.17) is 14.2 Å². The van der Waals surface area contributed by atoms with Crippen LogP contribution in [0.5, 0.6) is 5.75 Å². The molecule has 0 fully saturated rings. The van der Waals surface area contributed by atoms with E-state index in [1.54, 1.807) is 25.1 Å². The van der Waals surface area contributed by atoms with Crippen LogP contribution in [0.1, 0.15) is 54.7 Å². The number of benzene rings is 3. The molecule has 3 rings (SSSR count). The molecule has 0 saturated carbocycles. The number of rotatable bonds is 9. The fourth-order valence-corrected chi connectivity index (χ4v) is 4.86. The fraction of sp³-hybridized carbons (Fsp3) is 0.364. The summed E-state index contributed by atoms with van der Waals surface area (Å²) in [6.07, 6.45) is -0.731. The average Bonchev–Trinajstić information content (AvgIpc) is 2.92. The molecule has 43 heavy (non-hydrogen) atoms. The Morgan fingerprint density at radius 1 is 0.860 bits per heavy atom. The molecule has 10 heteroatoms. The Kier molecular flexibility index (Phi) is 10.5. The molecule has 3 aromatic carbocycles. The lowest BCUT2D eigenvalue weighted by Crippen LogP contribution is -2.51. The molecule has 3 aromatic rings. The van der Waals surface area contributed by atoms with Gasteiger partial charge in [-0.3, -0.25) is 4.79 Å². The number of hydrogen-bond acceptors (Lipinski definition) is 6. The molecule has 3 amide bonds. The van der Waals surface area contributed by atoms with Gasteiger partial charge in [0.2, 0.25) is 0 Å². The first-order chi connectivity index (χ1) is 20.1. The molecule has 0 aliphatic carbocycles. The van der Waals surface area contributed by atoms with Crippen molar-refractivity contribution in [2.24, 2.45) is 0 Å². The monoisotopic (exact) mass is 593 g/mol. The molecule has 9 nitrogen and oxygen atoms in total. The third-order valence-corrected chi connectivity index (χ3v) is 6.66. The smallest absolute Gasteiger partial charge is 0.331 e. The minimum Gasteiger partial charge on any atom is -0.494 e. The van der Waals surface area contributed by atoms with Gasteiger partial charge in [0.15, 0.2) is 17.6 Å². The minimum absolute atomic E-state index is 0.0714. The maximum absolute atomic E-state index is 14.5. The van der Waals surface area contributed by atoms with Crippen molar-refractivity contribution in [2.45, 2.75) is 66.2 Å². The number of halogens is 1. The topological polar surface area (TPSA) is 115 Å². The lowest BCUT2D eigenvalue weighted by atomic mass is 10.0. The van der Waals surface area contributed by atoms with E-state index in [-0.39, 0.29) is 17.0 Å². The van der Waals surface area contributed by atoms with Crippen LogP contribution in [0.2, 0.25) is 0 Å². The van der Waals surface area contributed by atoms with Gasteiger partial charge in [0.25, 0.3) is 5.91 Å². The van der Waals surface area contributed by atoms with Gasteiger partial charge in [0.1, 0.15) is 0 Å². The Bertz CT molecular complexity index is 1490. The maximum atomic E-state index is 14.5. The van der Waals surface area contributed by atoms with E-state index < -0.39 is 41.5 Å². The van der Waals surface area contributed by atoms with E-state index in [9.17, 15) is 18.8 Å². The van der Waals surface area contributed by atoms with Crippen LogP contribution in [-0.4, -0.2) is 49.9 Å². The number of anilines is 2. The van der Waals surface area contributed by atoms with E-state index in [0.29, 0.717) is 16.8 Å². The van der Waals surface area contributed by atoms with Gasteiger partial charge >= 0.3 is 12.0 Å². The van der Waals surface area contributed by atoms with E-state index >= 15 is 0 Å². The molecular formula is C33H40FN3O6. The Balaban J connectivity index is 2.01. The Morgan fingerprint density at radius 3 is 2.02 bits per heavy atom. The van der Waals surface area contributed by atoms with Crippen molar-refractivity contribution in [3.8, 4) is 16.9 Å². The normalized spacial score (nSPS) is 12.6. The van der Waals surface area contributed by atoms with Crippen LogP contribution in [0.4, 0.5) is 20.6 Å². The number of ether oxygens (including phenoxy) is 3. The molecule has 1 unspecified atom stereocenters. The molecule has 2 atom stereocenters. The third kappa shape index (κ3) is 8.54. The fourth-order valence-electron chi connectivity index (χ4n) is 4.86. The Hall–Kier alpha value is -4.44. The van der Waals surface area contributed by atoms with Crippen molar-refractivity contribution in [1.29, 1.82) is 0 Å². The van der Waals surface area contributed by atoms with E-state index in [1.807, 2.05) is 53.7 Å². The van der Waals surface area contributed by atoms with Gasteiger partial charge in [-0.1, -0.05) is 29.8 Å². The minimum atomic E-state index is -1.13. The highest BCUT2D eigenvalue weighted by Gasteiger charge is 2.32. The summed E-state index contributed by atoms with van der Waals surface area (Å²) in [6.45, 7) is 12.9. The van der Waals surface area contributed by atoms with Gasteiger partial charge in [-0.05, 0) is 95.0 Å². The van der Waals surface area contributed by atoms with Crippen LogP contribution >= 0.6 is 0 Å². The predicted octanol–water partition coefficient (Wildman–Crippen LogP) is 6.55. The van der Waals surface area contributed by atoms with E-state index in [0.717, 1.165) is 16.7 Å². The van der Waals surface area contributed by atoms with Crippen molar-refractivity contribution >= 4 is 29.3 Å². The number of amides is 3. The van der Waals surface area contributed by atoms with Gasteiger partial charge in [0, 0.05) is 5.69 Å². The molecular weight excluding hydrogens is 553 g/mol. The van der Waals surface area contributed by atoms with Crippen molar-refractivity contribution in [1.82, 2.24) is 5.32 Å². The molecule has 0 aliphatic heterocycles. The van der Waals surface area contributed by atoms with E-state index in [1.165, 1.54) is 32.4 Å².